The zero-order valence-electron chi connectivity index (χ0n) is 10.7. The molecule has 0 radical (unpaired) electrons. The second-order valence-corrected chi connectivity index (χ2v) is 4.75. The highest BCUT2D eigenvalue weighted by Gasteiger charge is 2.29. The lowest BCUT2D eigenvalue weighted by atomic mass is 10.1. The van der Waals surface area contributed by atoms with Gasteiger partial charge < -0.3 is 10.0 Å². The van der Waals surface area contributed by atoms with Crippen molar-refractivity contribution in [3.63, 3.8) is 0 Å². The van der Waals surface area contributed by atoms with Crippen LogP contribution in [-0.2, 0) is 9.59 Å². The van der Waals surface area contributed by atoms with E-state index in [-0.39, 0.29) is 5.91 Å². The summed E-state index contributed by atoms with van der Waals surface area (Å²) in [5, 5.41) is 9.16. The molecular weight excluding hydrogens is 218 g/mol. The highest BCUT2D eigenvalue weighted by Crippen LogP contribution is 2.18. The van der Waals surface area contributed by atoms with E-state index in [4.69, 9.17) is 5.11 Å². The summed E-state index contributed by atoms with van der Waals surface area (Å²) in [5.41, 5.74) is 0. The molecule has 1 aliphatic rings. The van der Waals surface area contributed by atoms with E-state index in [1.807, 2.05) is 0 Å². The van der Waals surface area contributed by atoms with Crippen molar-refractivity contribution in [2.75, 3.05) is 6.54 Å². The summed E-state index contributed by atoms with van der Waals surface area (Å²) >= 11 is 0. The summed E-state index contributed by atoms with van der Waals surface area (Å²) in [5.74, 6) is -0.830. The Morgan fingerprint density at radius 1 is 1.24 bits per heavy atom. The number of hydrogen-bond acceptors (Lipinski definition) is 2. The van der Waals surface area contributed by atoms with Gasteiger partial charge in [0.15, 0.2) is 0 Å². The zero-order chi connectivity index (χ0) is 12.7. The van der Waals surface area contributed by atoms with Crippen LogP contribution in [0.4, 0.5) is 0 Å². The van der Waals surface area contributed by atoms with Crippen molar-refractivity contribution in [3.8, 4) is 0 Å². The molecule has 0 spiro atoms. The van der Waals surface area contributed by atoms with Crippen LogP contribution >= 0.6 is 0 Å². The van der Waals surface area contributed by atoms with Gasteiger partial charge in [-0.05, 0) is 19.3 Å². The van der Waals surface area contributed by atoms with Crippen LogP contribution in [0.1, 0.15) is 58.3 Å². The number of unbranched alkanes of at least 4 members (excludes halogenated alkanes) is 2. The molecule has 4 nitrogen and oxygen atoms in total. The number of aliphatic carboxylic acids is 1. The quantitative estimate of drug-likeness (QED) is 0.752. The van der Waals surface area contributed by atoms with Gasteiger partial charge in [-0.15, -0.1) is 0 Å². The number of rotatable bonds is 5. The van der Waals surface area contributed by atoms with E-state index < -0.39 is 12.0 Å². The van der Waals surface area contributed by atoms with E-state index >= 15 is 0 Å². The first kappa shape index (κ1) is 14.0. The van der Waals surface area contributed by atoms with Gasteiger partial charge in [-0.3, -0.25) is 4.79 Å². The van der Waals surface area contributed by atoms with Crippen LogP contribution in [0.25, 0.3) is 0 Å². The molecule has 1 saturated heterocycles. The number of carbonyl (C=O) groups excluding carboxylic acids is 1. The van der Waals surface area contributed by atoms with Crippen molar-refractivity contribution in [2.45, 2.75) is 64.3 Å². The molecule has 0 bridgehead atoms. The molecule has 1 fully saturated rings. The van der Waals surface area contributed by atoms with Gasteiger partial charge >= 0.3 is 5.97 Å². The highest BCUT2D eigenvalue weighted by atomic mass is 16.4. The molecule has 1 unspecified atom stereocenters. The molecule has 1 N–H and O–H groups in total. The molecule has 0 aromatic rings. The van der Waals surface area contributed by atoms with Crippen LogP contribution in [0.5, 0.6) is 0 Å². The van der Waals surface area contributed by atoms with Gasteiger partial charge in [-0.25, -0.2) is 4.79 Å². The average molecular weight is 241 g/mol. The predicted molar refractivity (Wildman–Crippen MR) is 65.7 cm³/mol. The van der Waals surface area contributed by atoms with Crippen LogP contribution in [-0.4, -0.2) is 34.5 Å². The normalized spacial score (nSPS) is 21.0. The Morgan fingerprint density at radius 3 is 2.65 bits per heavy atom. The fourth-order valence-corrected chi connectivity index (χ4v) is 2.33. The van der Waals surface area contributed by atoms with E-state index in [2.05, 4.69) is 6.92 Å². The molecule has 0 saturated carbocycles. The topological polar surface area (TPSA) is 57.6 Å². The molecule has 0 aromatic heterocycles. The summed E-state index contributed by atoms with van der Waals surface area (Å²) in [6.07, 6.45) is 6.97. The molecule has 1 amide bonds. The number of carboxylic acid groups (broad SMARTS) is 1. The summed E-state index contributed by atoms with van der Waals surface area (Å²) < 4.78 is 0. The number of likely N-dealkylation sites (tertiary alicyclic amines) is 1. The Kier molecular flexibility index (Phi) is 6.01. The lowest BCUT2D eigenvalue weighted by Crippen LogP contribution is -2.44. The number of carboxylic acids is 1. The van der Waals surface area contributed by atoms with E-state index in [1.165, 1.54) is 0 Å². The molecule has 98 valence electrons. The third kappa shape index (κ3) is 4.36. The van der Waals surface area contributed by atoms with Gasteiger partial charge in [0.1, 0.15) is 6.04 Å². The molecular formula is C13H23NO3. The fourth-order valence-electron chi connectivity index (χ4n) is 2.33. The summed E-state index contributed by atoms with van der Waals surface area (Å²) in [6, 6.07) is -0.591. The minimum atomic E-state index is -0.851. The molecule has 0 aromatic carbocycles. The summed E-state index contributed by atoms with van der Waals surface area (Å²) in [6.45, 7) is 2.71. The summed E-state index contributed by atoms with van der Waals surface area (Å²) in [7, 11) is 0. The molecule has 1 heterocycles. The second-order valence-electron chi connectivity index (χ2n) is 4.75. The average Bonchev–Trinajstić information content (AvgIpc) is 2.54. The van der Waals surface area contributed by atoms with E-state index in [1.54, 1.807) is 4.90 Å². The molecule has 1 aliphatic heterocycles. The van der Waals surface area contributed by atoms with Gasteiger partial charge in [-0.2, -0.15) is 0 Å². The van der Waals surface area contributed by atoms with Crippen LogP contribution in [0.15, 0.2) is 0 Å². The molecule has 1 rings (SSSR count). The fraction of sp³-hybridized carbons (Fsp3) is 0.846. The van der Waals surface area contributed by atoms with Gasteiger partial charge in [0, 0.05) is 13.0 Å². The van der Waals surface area contributed by atoms with Crippen LogP contribution < -0.4 is 0 Å². The number of amides is 1. The first-order valence-corrected chi connectivity index (χ1v) is 6.69. The van der Waals surface area contributed by atoms with Crippen LogP contribution in [0, 0.1) is 0 Å². The van der Waals surface area contributed by atoms with Gasteiger partial charge in [0.2, 0.25) is 5.91 Å². The second kappa shape index (κ2) is 7.30. The molecule has 0 aliphatic carbocycles. The Bertz CT molecular complexity index is 265. The van der Waals surface area contributed by atoms with E-state index in [0.29, 0.717) is 19.4 Å². The molecule has 1 atom stereocenters. The first-order chi connectivity index (χ1) is 8.16. The smallest absolute Gasteiger partial charge is 0.326 e. The van der Waals surface area contributed by atoms with Crippen molar-refractivity contribution in [2.24, 2.45) is 0 Å². The number of carbonyl (C=O) groups is 2. The van der Waals surface area contributed by atoms with Gasteiger partial charge in [0.05, 0.1) is 0 Å². The number of nitrogens with zero attached hydrogens (tertiary/aromatic N) is 1. The van der Waals surface area contributed by atoms with E-state index in [9.17, 15) is 9.59 Å². The first-order valence-electron chi connectivity index (χ1n) is 6.69. The highest BCUT2D eigenvalue weighted by molar-refractivity contribution is 5.83. The van der Waals surface area contributed by atoms with Crippen molar-refractivity contribution in [1.82, 2.24) is 4.90 Å². The lowest BCUT2D eigenvalue weighted by Gasteiger charge is -2.27. The maximum atomic E-state index is 12.0. The molecule has 4 heteroatoms. The third-order valence-electron chi connectivity index (χ3n) is 3.35. The third-order valence-corrected chi connectivity index (χ3v) is 3.35. The summed E-state index contributed by atoms with van der Waals surface area (Å²) in [4.78, 5) is 24.7. The Morgan fingerprint density at radius 2 is 2.00 bits per heavy atom. The maximum absolute atomic E-state index is 12.0. The minimum Gasteiger partial charge on any atom is -0.480 e. The predicted octanol–water partition coefficient (Wildman–Crippen LogP) is 2.42. The maximum Gasteiger partial charge on any atom is 0.326 e. The van der Waals surface area contributed by atoms with Crippen molar-refractivity contribution >= 4 is 11.9 Å². The largest absolute Gasteiger partial charge is 0.480 e. The lowest BCUT2D eigenvalue weighted by molar-refractivity contribution is -0.150. The van der Waals surface area contributed by atoms with Crippen molar-refractivity contribution < 1.29 is 14.7 Å². The Hall–Kier alpha value is -1.06. The number of hydrogen-bond donors (Lipinski definition) is 1. The van der Waals surface area contributed by atoms with Crippen LogP contribution in [0.2, 0.25) is 0 Å². The minimum absolute atomic E-state index is 0.0211. The SMILES string of the molecule is CCCCCC(=O)N1CCCCCC1C(=O)O. The van der Waals surface area contributed by atoms with E-state index in [0.717, 1.165) is 38.5 Å². The Labute approximate surface area is 103 Å². The standard InChI is InChI=1S/C13H23NO3/c1-2-3-5-9-12(15)14-10-7-4-6-8-11(14)13(16)17/h11H,2-10H2,1H3,(H,16,17). The van der Waals surface area contributed by atoms with Gasteiger partial charge in [-0.1, -0.05) is 32.6 Å². The Balaban J connectivity index is 2.55. The van der Waals surface area contributed by atoms with Crippen molar-refractivity contribution in [3.05, 3.63) is 0 Å². The van der Waals surface area contributed by atoms with Crippen LogP contribution in [0.3, 0.4) is 0 Å². The van der Waals surface area contributed by atoms with Crippen molar-refractivity contribution in [1.29, 1.82) is 0 Å². The zero-order valence-corrected chi connectivity index (χ0v) is 10.7. The molecule has 17 heavy (non-hydrogen) atoms. The van der Waals surface area contributed by atoms with Gasteiger partial charge in [0.25, 0.3) is 0 Å². The monoisotopic (exact) mass is 241 g/mol.